The highest BCUT2D eigenvalue weighted by atomic mass is 15.4. The SMILES string of the molecule is C=C(NNc1nn2cnnc2c2ccccc12)c1ccc(C)cc1. The Morgan fingerprint density at radius 3 is 2.58 bits per heavy atom. The molecule has 0 bridgehead atoms. The standard InChI is InChI=1S/C18H16N6/c1-12-7-9-14(10-8-12)13(2)20-21-17-15-5-3-4-6-16(15)18-22-19-11-24(18)23-17/h3-11,20H,2H2,1H3,(H,21,23). The Kier molecular flexibility index (Phi) is 3.35. The fraction of sp³-hybridized carbons (Fsp3) is 0.0556. The van der Waals surface area contributed by atoms with E-state index in [2.05, 4.69) is 51.8 Å². The van der Waals surface area contributed by atoms with Crippen LogP contribution in [0.1, 0.15) is 11.1 Å². The molecule has 0 amide bonds. The summed E-state index contributed by atoms with van der Waals surface area (Å²) in [5, 5.41) is 14.5. The van der Waals surface area contributed by atoms with Crippen LogP contribution in [-0.4, -0.2) is 19.8 Å². The summed E-state index contributed by atoms with van der Waals surface area (Å²) in [5.74, 6) is 0.686. The van der Waals surface area contributed by atoms with E-state index in [9.17, 15) is 0 Å². The van der Waals surface area contributed by atoms with Gasteiger partial charge in [0.05, 0.1) is 5.70 Å². The van der Waals surface area contributed by atoms with E-state index in [1.165, 1.54) is 5.56 Å². The number of aromatic nitrogens is 4. The van der Waals surface area contributed by atoms with Gasteiger partial charge in [0.1, 0.15) is 6.33 Å². The molecule has 2 aromatic carbocycles. The third-order valence-electron chi connectivity index (χ3n) is 3.89. The molecule has 2 aromatic heterocycles. The van der Waals surface area contributed by atoms with Crippen molar-refractivity contribution in [3.8, 4) is 0 Å². The van der Waals surface area contributed by atoms with Gasteiger partial charge in [0.2, 0.25) is 0 Å². The van der Waals surface area contributed by atoms with E-state index in [1.807, 2.05) is 36.4 Å². The maximum atomic E-state index is 4.52. The van der Waals surface area contributed by atoms with Crippen molar-refractivity contribution in [2.24, 2.45) is 0 Å². The number of hydrogen-bond acceptors (Lipinski definition) is 5. The molecule has 0 saturated heterocycles. The van der Waals surface area contributed by atoms with Gasteiger partial charge in [-0.05, 0) is 12.5 Å². The van der Waals surface area contributed by atoms with Crippen LogP contribution in [0, 0.1) is 6.92 Å². The summed E-state index contributed by atoms with van der Waals surface area (Å²) in [4.78, 5) is 0. The molecular weight excluding hydrogens is 300 g/mol. The molecule has 0 aliphatic rings. The van der Waals surface area contributed by atoms with Gasteiger partial charge in [0.25, 0.3) is 0 Å². The van der Waals surface area contributed by atoms with E-state index >= 15 is 0 Å². The average Bonchev–Trinajstić information content (AvgIpc) is 3.08. The number of nitrogens with one attached hydrogen (secondary N) is 2. The molecule has 24 heavy (non-hydrogen) atoms. The summed E-state index contributed by atoms with van der Waals surface area (Å²) in [6, 6.07) is 16.1. The summed E-state index contributed by atoms with van der Waals surface area (Å²) in [6.07, 6.45) is 1.59. The van der Waals surface area contributed by atoms with Crippen LogP contribution in [0.2, 0.25) is 0 Å². The zero-order valence-electron chi connectivity index (χ0n) is 13.2. The second-order valence-corrected chi connectivity index (χ2v) is 5.59. The van der Waals surface area contributed by atoms with Gasteiger partial charge in [-0.2, -0.15) is 4.52 Å². The second-order valence-electron chi connectivity index (χ2n) is 5.59. The lowest BCUT2D eigenvalue weighted by molar-refractivity contribution is 0.917. The first-order chi connectivity index (χ1) is 11.7. The predicted molar refractivity (Wildman–Crippen MR) is 95.3 cm³/mol. The number of fused-ring (bicyclic) bond motifs is 3. The minimum Gasteiger partial charge on any atom is -0.300 e. The first-order valence-corrected chi connectivity index (χ1v) is 7.59. The average molecular weight is 316 g/mol. The largest absolute Gasteiger partial charge is 0.300 e. The third-order valence-corrected chi connectivity index (χ3v) is 3.89. The Morgan fingerprint density at radius 1 is 1.04 bits per heavy atom. The van der Waals surface area contributed by atoms with E-state index in [-0.39, 0.29) is 0 Å². The van der Waals surface area contributed by atoms with E-state index < -0.39 is 0 Å². The van der Waals surface area contributed by atoms with Crippen LogP contribution < -0.4 is 10.9 Å². The third kappa shape index (κ3) is 2.44. The number of aryl methyl sites for hydroxylation is 1. The fourth-order valence-electron chi connectivity index (χ4n) is 2.58. The Morgan fingerprint density at radius 2 is 1.79 bits per heavy atom. The zero-order chi connectivity index (χ0) is 16.5. The summed E-state index contributed by atoms with van der Waals surface area (Å²) in [5.41, 5.74) is 10.00. The van der Waals surface area contributed by atoms with Crippen molar-refractivity contribution in [2.75, 3.05) is 5.43 Å². The summed E-state index contributed by atoms with van der Waals surface area (Å²) < 4.78 is 1.65. The van der Waals surface area contributed by atoms with Gasteiger partial charge < -0.3 is 0 Å². The molecule has 0 spiro atoms. The minimum atomic E-state index is 0.686. The van der Waals surface area contributed by atoms with Crippen LogP contribution in [0.25, 0.3) is 22.1 Å². The topological polar surface area (TPSA) is 67.1 Å². The first kappa shape index (κ1) is 14.2. The molecule has 2 heterocycles. The van der Waals surface area contributed by atoms with E-state index in [0.29, 0.717) is 5.82 Å². The van der Waals surface area contributed by atoms with Gasteiger partial charge in [-0.1, -0.05) is 60.7 Å². The smallest absolute Gasteiger partial charge is 0.185 e. The van der Waals surface area contributed by atoms with E-state index in [0.717, 1.165) is 27.7 Å². The Balaban J connectivity index is 1.66. The van der Waals surface area contributed by atoms with Crippen molar-refractivity contribution in [1.29, 1.82) is 0 Å². The molecule has 6 heteroatoms. The van der Waals surface area contributed by atoms with Crippen molar-refractivity contribution in [1.82, 2.24) is 25.2 Å². The van der Waals surface area contributed by atoms with Gasteiger partial charge in [-0.3, -0.25) is 10.9 Å². The number of hydrogen-bond donors (Lipinski definition) is 2. The van der Waals surface area contributed by atoms with Crippen molar-refractivity contribution in [2.45, 2.75) is 6.92 Å². The second kappa shape index (κ2) is 5.66. The molecule has 0 aliphatic carbocycles. The van der Waals surface area contributed by atoms with Gasteiger partial charge in [-0.25, -0.2) is 0 Å². The monoisotopic (exact) mass is 316 g/mol. The van der Waals surface area contributed by atoms with Crippen molar-refractivity contribution >= 4 is 27.9 Å². The lowest BCUT2D eigenvalue weighted by Gasteiger charge is -2.14. The van der Waals surface area contributed by atoms with Crippen molar-refractivity contribution < 1.29 is 0 Å². The summed E-state index contributed by atoms with van der Waals surface area (Å²) >= 11 is 0. The van der Waals surface area contributed by atoms with Crippen LogP contribution in [0.5, 0.6) is 0 Å². The number of anilines is 1. The molecule has 118 valence electrons. The number of nitrogens with zero attached hydrogens (tertiary/aromatic N) is 4. The summed E-state index contributed by atoms with van der Waals surface area (Å²) in [6.45, 7) is 6.13. The number of rotatable bonds is 4. The number of hydrazine groups is 1. The highest BCUT2D eigenvalue weighted by molar-refractivity contribution is 5.99. The minimum absolute atomic E-state index is 0.686. The van der Waals surface area contributed by atoms with E-state index in [1.54, 1.807) is 10.8 Å². The zero-order valence-corrected chi connectivity index (χ0v) is 13.2. The molecule has 6 nitrogen and oxygen atoms in total. The predicted octanol–water partition coefficient (Wildman–Crippen LogP) is 3.17. The van der Waals surface area contributed by atoms with Gasteiger partial charge in [0.15, 0.2) is 11.5 Å². The first-order valence-electron chi connectivity index (χ1n) is 7.59. The fourth-order valence-corrected chi connectivity index (χ4v) is 2.58. The maximum Gasteiger partial charge on any atom is 0.185 e. The lowest BCUT2D eigenvalue weighted by Crippen LogP contribution is -2.21. The Labute approximate surface area is 138 Å². The van der Waals surface area contributed by atoms with Crippen LogP contribution in [0.3, 0.4) is 0 Å². The molecule has 2 N–H and O–H groups in total. The Bertz CT molecular complexity index is 1030. The van der Waals surface area contributed by atoms with Crippen LogP contribution in [0.15, 0.2) is 61.4 Å². The van der Waals surface area contributed by atoms with Crippen LogP contribution in [0.4, 0.5) is 5.82 Å². The molecule has 4 aromatic rings. The van der Waals surface area contributed by atoms with Crippen molar-refractivity contribution in [3.05, 3.63) is 72.6 Å². The molecule has 0 atom stereocenters. The highest BCUT2D eigenvalue weighted by Gasteiger charge is 2.09. The van der Waals surface area contributed by atoms with Crippen LogP contribution in [-0.2, 0) is 0 Å². The molecule has 4 rings (SSSR count). The number of benzene rings is 2. The lowest BCUT2D eigenvalue weighted by atomic mass is 10.1. The highest BCUT2D eigenvalue weighted by Crippen LogP contribution is 2.23. The summed E-state index contributed by atoms with van der Waals surface area (Å²) in [7, 11) is 0. The molecule has 0 saturated carbocycles. The molecule has 0 radical (unpaired) electrons. The van der Waals surface area contributed by atoms with Crippen LogP contribution >= 0.6 is 0 Å². The molecule has 0 fully saturated rings. The van der Waals surface area contributed by atoms with Gasteiger partial charge in [-0.15, -0.1) is 15.3 Å². The maximum absolute atomic E-state index is 4.52. The van der Waals surface area contributed by atoms with Gasteiger partial charge >= 0.3 is 0 Å². The van der Waals surface area contributed by atoms with Crippen molar-refractivity contribution in [3.63, 3.8) is 0 Å². The molecule has 0 aliphatic heterocycles. The van der Waals surface area contributed by atoms with Gasteiger partial charge in [0, 0.05) is 10.8 Å². The quantitative estimate of drug-likeness (QED) is 0.566. The Hall–Kier alpha value is -3.41. The molecular formula is C18H16N6. The van der Waals surface area contributed by atoms with E-state index in [4.69, 9.17) is 0 Å². The normalized spacial score (nSPS) is 10.9. The molecule has 0 unspecified atom stereocenters.